The minimum absolute atomic E-state index is 0.0151. The lowest BCUT2D eigenvalue weighted by Gasteiger charge is -2.23. The van der Waals surface area contributed by atoms with Crippen molar-refractivity contribution >= 4 is 44.1 Å². The van der Waals surface area contributed by atoms with Crippen molar-refractivity contribution in [2.24, 2.45) is 0 Å². The van der Waals surface area contributed by atoms with E-state index in [0.717, 1.165) is 47.8 Å². The third-order valence-electron chi connectivity index (χ3n) is 5.04. The number of aromatic amines is 1. The topological polar surface area (TPSA) is 62.0 Å². The third kappa shape index (κ3) is 4.02. The van der Waals surface area contributed by atoms with E-state index in [4.69, 9.17) is 23.2 Å². The average molecular weight is 423 g/mol. The SMILES string of the molecule is O=S(=O)(NC1CCCCC1)c1cc(-c2cc3ccc(Cl)cc3[nH]2)ccc1Cl. The molecule has 4 nitrogen and oxygen atoms in total. The van der Waals surface area contributed by atoms with Gasteiger partial charge in [-0.05, 0) is 48.7 Å². The molecule has 27 heavy (non-hydrogen) atoms. The van der Waals surface area contributed by atoms with Crippen LogP contribution >= 0.6 is 23.2 Å². The Kier molecular flexibility index (Phi) is 5.21. The first-order valence-electron chi connectivity index (χ1n) is 9.03. The highest BCUT2D eigenvalue weighted by atomic mass is 35.5. The van der Waals surface area contributed by atoms with E-state index in [1.807, 2.05) is 30.3 Å². The predicted molar refractivity (Wildman–Crippen MR) is 111 cm³/mol. The van der Waals surface area contributed by atoms with Gasteiger partial charge in [0.1, 0.15) is 4.90 Å². The van der Waals surface area contributed by atoms with Crippen molar-refractivity contribution in [3.63, 3.8) is 0 Å². The fourth-order valence-corrected chi connectivity index (χ4v) is 5.64. The number of nitrogens with one attached hydrogen (secondary N) is 2. The van der Waals surface area contributed by atoms with Crippen LogP contribution in [0.15, 0.2) is 47.4 Å². The molecule has 0 aliphatic heterocycles. The molecule has 0 atom stereocenters. The fourth-order valence-electron chi connectivity index (χ4n) is 3.63. The molecule has 2 aromatic carbocycles. The minimum atomic E-state index is -3.67. The van der Waals surface area contributed by atoms with Crippen LogP contribution in [0.3, 0.4) is 0 Å². The molecule has 0 unspecified atom stereocenters. The molecule has 1 aromatic heterocycles. The van der Waals surface area contributed by atoms with Gasteiger partial charge in [0.05, 0.1) is 5.02 Å². The second-order valence-electron chi connectivity index (χ2n) is 7.02. The summed E-state index contributed by atoms with van der Waals surface area (Å²) in [5.41, 5.74) is 2.48. The molecule has 0 spiro atoms. The van der Waals surface area contributed by atoms with Crippen molar-refractivity contribution in [1.82, 2.24) is 9.71 Å². The van der Waals surface area contributed by atoms with Crippen LogP contribution in [0.25, 0.3) is 22.2 Å². The summed E-state index contributed by atoms with van der Waals surface area (Å²) in [5.74, 6) is 0. The molecular weight excluding hydrogens is 403 g/mol. The van der Waals surface area contributed by atoms with Gasteiger partial charge >= 0.3 is 0 Å². The number of hydrogen-bond donors (Lipinski definition) is 2. The van der Waals surface area contributed by atoms with Crippen LogP contribution in [0.1, 0.15) is 32.1 Å². The Morgan fingerprint density at radius 3 is 2.52 bits per heavy atom. The van der Waals surface area contributed by atoms with Gasteiger partial charge in [-0.25, -0.2) is 13.1 Å². The molecule has 7 heteroatoms. The van der Waals surface area contributed by atoms with Gasteiger partial charge in [-0.3, -0.25) is 0 Å². The molecule has 4 rings (SSSR count). The summed E-state index contributed by atoms with van der Waals surface area (Å²) in [5, 5.41) is 1.88. The van der Waals surface area contributed by atoms with Gasteiger partial charge in [-0.1, -0.05) is 54.6 Å². The van der Waals surface area contributed by atoms with Crippen molar-refractivity contribution < 1.29 is 8.42 Å². The Morgan fingerprint density at radius 1 is 0.963 bits per heavy atom. The lowest BCUT2D eigenvalue weighted by molar-refractivity contribution is 0.412. The van der Waals surface area contributed by atoms with E-state index in [0.29, 0.717) is 5.02 Å². The zero-order chi connectivity index (χ0) is 19.0. The van der Waals surface area contributed by atoms with E-state index in [2.05, 4.69) is 9.71 Å². The molecular formula is C20H20Cl2N2O2S. The maximum atomic E-state index is 12.9. The van der Waals surface area contributed by atoms with Crippen molar-refractivity contribution in [3.05, 3.63) is 52.5 Å². The Hall–Kier alpha value is -1.53. The predicted octanol–water partition coefficient (Wildman–Crippen LogP) is 5.75. The summed E-state index contributed by atoms with van der Waals surface area (Å²) >= 11 is 12.3. The number of aromatic nitrogens is 1. The number of halogens is 2. The molecule has 1 aliphatic rings. The molecule has 0 radical (unpaired) electrons. The van der Waals surface area contributed by atoms with Crippen LogP contribution in [0.5, 0.6) is 0 Å². The quantitative estimate of drug-likeness (QED) is 0.561. The average Bonchev–Trinajstić information content (AvgIpc) is 3.05. The van der Waals surface area contributed by atoms with Gasteiger partial charge in [0.25, 0.3) is 0 Å². The number of hydrogen-bond acceptors (Lipinski definition) is 2. The van der Waals surface area contributed by atoms with Crippen LogP contribution in [0.2, 0.25) is 10.0 Å². The van der Waals surface area contributed by atoms with Crippen molar-refractivity contribution in [1.29, 1.82) is 0 Å². The number of H-pyrrole nitrogens is 1. The van der Waals surface area contributed by atoms with E-state index in [-0.39, 0.29) is 16.0 Å². The Bertz CT molecular complexity index is 1090. The Morgan fingerprint density at radius 2 is 1.74 bits per heavy atom. The summed E-state index contributed by atoms with van der Waals surface area (Å²) in [6, 6.07) is 12.6. The number of fused-ring (bicyclic) bond motifs is 1. The van der Waals surface area contributed by atoms with Gasteiger partial charge in [-0.15, -0.1) is 0 Å². The standard InChI is InChI=1S/C20H20Cl2N2O2S/c21-15-8-6-13-10-18(23-19(13)12-15)14-7-9-17(22)20(11-14)27(25,26)24-16-4-2-1-3-5-16/h6-12,16,23-24H,1-5H2. The summed E-state index contributed by atoms with van der Waals surface area (Å²) in [7, 11) is -3.67. The van der Waals surface area contributed by atoms with Crippen LogP contribution < -0.4 is 4.72 Å². The van der Waals surface area contributed by atoms with E-state index in [9.17, 15) is 8.42 Å². The largest absolute Gasteiger partial charge is 0.354 e. The van der Waals surface area contributed by atoms with E-state index in [1.54, 1.807) is 12.1 Å². The van der Waals surface area contributed by atoms with Gasteiger partial charge in [0.15, 0.2) is 0 Å². The monoisotopic (exact) mass is 422 g/mol. The molecule has 1 fully saturated rings. The molecule has 0 saturated heterocycles. The number of rotatable bonds is 4. The molecule has 2 N–H and O–H groups in total. The van der Waals surface area contributed by atoms with Gasteiger partial charge < -0.3 is 4.98 Å². The molecule has 1 saturated carbocycles. The van der Waals surface area contributed by atoms with Crippen molar-refractivity contribution in [2.75, 3.05) is 0 Å². The normalized spacial score (nSPS) is 16.1. The van der Waals surface area contributed by atoms with Gasteiger partial charge in [-0.2, -0.15) is 0 Å². The van der Waals surface area contributed by atoms with Crippen molar-refractivity contribution in [2.45, 2.75) is 43.0 Å². The van der Waals surface area contributed by atoms with Crippen LogP contribution in [-0.2, 0) is 10.0 Å². The van der Waals surface area contributed by atoms with Gasteiger partial charge in [0, 0.05) is 27.7 Å². The first kappa shape index (κ1) is 18.8. The number of benzene rings is 2. The second kappa shape index (κ2) is 7.47. The zero-order valence-electron chi connectivity index (χ0n) is 14.6. The lowest BCUT2D eigenvalue weighted by atomic mass is 9.96. The second-order valence-corrected chi connectivity index (χ2v) is 9.54. The number of sulfonamides is 1. The Labute approximate surface area is 168 Å². The first-order valence-corrected chi connectivity index (χ1v) is 11.3. The summed E-state index contributed by atoms with van der Waals surface area (Å²) in [6.07, 6.45) is 5.02. The summed E-state index contributed by atoms with van der Waals surface area (Å²) < 4.78 is 28.6. The van der Waals surface area contributed by atoms with E-state index in [1.165, 1.54) is 6.42 Å². The van der Waals surface area contributed by atoms with Crippen LogP contribution in [-0.4, -0.2) is 19.4 Å². The lowest BCUT2D eigenvalue weighted by Crippen LogP contribution is -2.36. The fraction of sp³-hybridized carbons (Fsp3) is 0.300. The highest BCUT2D eigenvalue weighted by molar-refractivity contribution is 7.89. The van der Waals surface area contributed by atoms with Crippen LogP contribution in [0.4, 0.5) is 0 Å². The van der Waals surface area contributed by atoms with Crippen molar-refractivity contribution in [3.8, 4) is 11.3 Å². The molecule has 1 heterocycles. The van der Waals surface area contributed by atoms with E-state index < -0.39 is 10.0 Å². The smallest absolute Gasteiger partial charge is 0.242 e. The zero-order valence-corrected chi connectivity index (χ0v) is 17.0. The minimum Gasteiger partial charge on any atom is -0.354 e. The molecule has 142 valence electrons. The highest BCUT2D eigenvalue weighted by Crippen LogP contribution is 2.31. The molecule has 3 aromatic rings. The third-order valence-corrected chi connectivity index (χ3v) is 7.28. The summed E-state index contributed by atoms with van der Waals surface area (Å²) in [4.78, 5) is 3.40. The van der Waals surface area contributed by atoms with E-state index >= 15 is 0 Å². The van der Waals surface area contributed by atoms with Crippen LogP contribution in [0, 0.1) is 0 Å². The molecule has 0 bridgehead atoms. The summed E-state index contributed by atoms with van der Waals surface area (Å²) in [6.45, 7) is 0. The maximum absolute atomic E-state index is 12.9. The highest BCUT2D eigenvalue weighted by Gasteiger charge is 2.24. The van der Waals surface area contributed by atoms with Gasteiger partial charge in [0.2, 0.25) is 10.0 Å². The Balaban J connectivity index is 1.69. The molecule has 1 aliphatic carbocycles. The maximum Gasteiger partial charge on any atom is 0.242 e. The first-order chi connectivity index (χ1) is 12.9. The molecule has 0 amide bonds.